The Morgan fingerprint density at radius 2 is 1.78 bits per heavy atom. The van der Waals surface area contributed by atoms with Gasteiger partial charge in [0.05, 0.1) is 21.7 Å². The van der Waals surface area contributed by atoms with E-state index in [9.17, 15) is 18.0 Å². The molecule has 2 aromatic carbocycles. The Balaban J connectivity index is 1.52. The Labute approximate surface area is 211 Å². The van der Waals surface area contributed by atoms with Crippen LogP contribution in [-0.2, 0) is 22.3 Å². The second-order valence-corrected chi connectivity index (χ2v) is 10.6. The van der Waals surface area contributed by atoms with Gasteiger partial charge in [-0.25, -0.2) is 4.98 Å². The fourth-order valence-electron chi connectivity index (χ4n) is 3.86. The van der Waals surface area contributed by atoms with Crippen molar-refractivity contribution in [2.45, 2.75) is 59.0 Å². The van der Waals surface area contributed by atoms with E-state index in [1.165, 1.54) is 23.5 Å². The van der Waals surface area contributed by atoms with Crippen molar-refractivity contribution in [3.8, 4) is 16.3 Å². The molecular formula is C27H27F3N2O3S. The first-order valence-corrected chi connectivity index (χ1v) is 12.2. The number of nitrogens with zero attached hydrogens (tertiary/aromatic N) is 2. The first-order valence-electron chi connectivity index (χ1n) is 11.4. The van der Waals surface area contributed by atoms with E-state index in [4.69, 9.17) is 9.47 Å². The molecule has 0 amide bonds. The molecule has 0 radical (unpaired) electrons. The first-order chi connectivity index (χ1) is 16.8. The van der Waals surface area contributed by atoms with Crippen molar-refractivity contribution < 1.29 is 27.4 Å². The Hall–Kier alpha value is -3.33. The molecule has 0 aliphatic carbocycles. The van der Waals surface area contributed by atoms with E-state index in [0.29, 0.717) is 16.3 Å². The number of rotatable bonds is 6. The van der Waals surface area contributed by atoms with Gasteiger partial charge in [-0.3, -0.25) is 4.79 Å². The lowest BCUT2D eigenvalue weighted by Crippen LogP contribution is -2.26. The van der Waals surface area contributed by atoms with Crippen LogP contribution in [0.5, 0.6) is 5.75 Å². The third kappa shape index (κ3) is 5.90. The van der Waals surface area contributed by atoms with Crippen LogP contribution in [0.2, 0.25) is 0 Å². The summed E-state index contributed by atoms with van der Waals surface area (Å²) in [6.45, 7) is 9.34. The van der Waals surface area contributed by atoms with E-state index in [0.717, 1.165) is 33.6 Å². The van der Waals surface area contributed by atoms with Crippen molar-refractivity contribution in [2.75, 3.05) is 0 Å². The average molecular weight is 517 g/mol. The molecule has 0 spiro atoms. The quantitative estimate of drug-likeness (QED) is 0.248. The van der Waals surface area contributed by atoms with Gasteiger partial charge in [0.2, 0.25) is 0 Å². The summed E-state index contributed by atoms with van der Waals surface area (Å²) in [6, 6.07) is 12.6. The molecular weight excluding hydrogens is 489 g/mol. The number of ether oxygens (including phenoxy) is 2. The molecule has 0 aliphatic heterocycles. The monoisotopic (exact) mass is 516 g/mol. The van der Waals surface area contributed by atoms with Gasteiger partial charge in [0, 0.05) is 17.8 Å². The first kappa shape index (κ1) is 25.8. The summed E-state index contributed by atoms with van der Waals surface area (Å²) in [4.78, 5) is 17.7. The number of alkyl halides is 3. The molecule has 0 aliphatic rings. The Morgan fingerprint density at radius 3 is 2.42 bits per heavy atom. The second kappa shape index (κ2) is 9.61. The summed E-state index contributed by atoms with van der Waals surface area (Å²) >= 11 is 1.39. The molecule has 36 heavy (non-hydrogen) atoms. The van der Waals surface area contributed by atoms with Gasteiger partial charge in [0.25, 0.3) is 0 Å². The normalized spacial score (nSPS) is 13.1. The number of aryl methyl sites for hydroxylation is 1. The number of benzene rings is 2. The summed E-state index contributed by atoms with van der Waals surface area (Å²) in [5.41, 5.74) is 0.975. The SMILES string of the molecule is Cc1nc(-c2ccc(C(F)(F)F)cc2)sc1[C@H](C)Oc1ccc2ccn(CC(=O)OC(C)(C)C)c2c1. The molecule has 0 bridgehead atoms. The number of esters is 1. The maximum absolute atomic E-state index is 12.9. The number of carbonyl (C=O) groups excluding carboxylic acids is 1. The molecule has 4 aromatic rings. The zero-order chi connectivity index (χ0) is 26.3. The van der Waals surface area contributed by atoms with Gasteiger partial charge in [-0.15, -0.1) is 11.3 Å². The van der Waals surface area contributed by atoms with Gasteiger partial charge in [-0.05, 0) is 70.3 Å². The molecule has 0 fully saturated rings. The fraction of sp³-hybridized carbons (Fsp3) is 0.333. The predicted molar refractivity (Wildman–Crippen MR) is 134 cm³/mol. The Bertz CT molecular complexity index is 1380. The van der Waals surface area contributed by atoms with Crippen LogP contribution in [0.15, 0.2) is 54.7 Å². The van der Waals surface area contributed by atoms with E-state index in [1.807, 2.05) is 69.6 Å². The van der Waals surface area contributed by atoms with Crippen LogP contribution in [0.3, 0.4) is 0 Å². The van der Waals surface area contributed by atoms with Crippen molar-refractivity contribution in [3.63, 3.8) is 0 Å². The Morgan fingerprint density at radius 1 is 1.08 bits per heavy atom. The topological polar surface area (TPSA) is 53.4 Å². The second-order valence-electron chi connectivity index (χ2n) is 9.55. The average Bonchev–Trinajstić information content (AvgIpc) is 3.35. The van der Waals surface area contributed by atoms with E-state index >= 15 is 0 Å². The fourth-order valence-corrected chi connectivity index (χ4v) is 4.91. The third-order valence-corrected chi connectivity index (χ3v) is 6.81. The van der Waals surface area contributed by atoms with E-state index in [1.54, 1.807) is 0 Å². The summed E-state index contributed by atoms with van der Waals surface area (Å²) < 4.78 is 52.1. The molecule has 190 valence electrons. The molecule has 0 N–H and O–H groups in total. The number of fused-ring (bicyclic) bond motifs is 1. The minimum Gasteiger partial charge on any atom is -0.485 e. The lowest BCUT2D eigenvalue weighted by molar-refractivity contribution is -0.155. The minimum absolute atomic E-state index is 0.0875. The van der Waals surface area contributed by atoms with Gasteiger partial charge >= 0.3 is 12.1 Å². The number of thiazole rings is 1. The molecule has 5 nitrogen and oxygen atoms in total. The Kier molecular flexibility index (Phi) is 6.88. The maximum Gasteiger partial charge on any atom is 0.416 e. The van der Waals surface area contributed by atoms with Gasteiger partial charge < -0.3 is 14.0 Å². The standard InChI is InChI=1S/C27H27F3N2O3S/c1-16-24(36-25(31-16)19-6-9-20(10-7-19)27(28,29)30)17(2)34-21-11-8-18-12-13-32(22(18)14-21)15-23(33)35-26(3,4)5/h6-14,17H,15H2,1-5H3/t17-/m0/s1. The van der Waals surface area contributed by atoms with Crippen LogP contribution < -0.4 is 4.74 Å². The molecule has 1 atom stereocenters. The molecule has 2 heterocycles. The zero-order valence-corrected chi connectivity index (χ0v) is 21.5. The van der Waals surface area contributed by atoms with E-state index in [2.05, 4.69) is 4.98 Å². The van der Waals surface area contributed by atoms with Crippen molar-refractivity contribution >= 4 is 28.2 Å². The van der Waals surface area contributed by atoms with Gasteiger partial charge in [0.1, 0.15) is 29.0 Å². The molecule has 2 aromatic heterocycles. The molecule has 0 saturated heterocycles. The zero-order valence-electron chi connectivity index (χ0n) is 20.6. The van der Waals surface area contributed by atoms with E-state index in [-0.39, 0.29) is 18.6 Å². The van der Waals surface area contributed by atoms with Gasteiger partial charge in [-0.1, -0.05) is 12.1 Å². The highest BCUT2D eigenvalue weighted by molar-refractivity contribution is 7.15. The third-order valence-electron chi connectivity index (χ3n) is 5.44. The van der Waals surface area contributed by atoms with Crippen molar-refractivity contribution in [2.24, 2.45) is 0 Å². The van der Waals surface area contributed by atoms with Crippen LogP contribution in [0.1, 0.15) is 49.9 Å². The van der Waals surface area contributed by atoms with Crippen LogP contribution in [0.25, 0.3) is 21.5 Å². The van der Waals surface area contributed by atoms with Gasteiger partial charge in [-0.2, -0.15) is 13.2 Å². The molecule has 0 saturated carbocycles. The summed E-state index contributed by atoms with van der Waals surface area (Å²) in [5, 5.41) is 1.60. The number of hydrogen-bond acceptors (Lipinski definition) is 5. The van der Waals surface area contributed by atoms with Crippen molar-refractivity contribution in [1.29, 1.82) is 0 Å². The molecule has 0 unspecified atom stereocenters. The van der Waals surface area contributed by atoms with Crippen LogP contribution in [0.4, 0.5) is 13.2 Å². The smallest absolute Gasteiger partial charge is 0.416 e. The van der Waals surface area contributed by atoms with E-state index < -0.39 is 17.3 Å². The van der Waals surface area contributed by atoms with Crippen molar-refractivity contribution in [3.05, 3.63) is 70.9 Å². The van der Waals surface area contributed by atoms with Crippen molar-refractivity contribution in [1.82, 2.24) is 9.55 Å². The lowest BCUT2D eigenvalue weighted by Gasteiger charge is -2.20. The minimum atomic E-state index is -4.38. The number of hydrogen-bond donors (Lipinski definition) is 0. The summed E-state index contributed by atoms with van der Waals surface area (Å²) in [6.07, 6.45) is -2.87. The van der Waals surface area contributed by atoms with Gasteiger partial charge in [0.15, 0.2) is 0 Å². The highest BCUT2D eigenvalue weighted by Crippen LogP contribution is 2.36. The summed E-state index contributed by atoms with van der Waals surface area (Å²) in [5.74, 6) is 0.304. The largest absolute Gasteiger partial charge is 0.485 e. The highest BCUT2D eigenvalue weighted by Gasteiger charge is 2.30. The maximum atomic E-state index is 12.9. The van der Waals surface area contributed by atoms with Crippen LogP contribution in [0, 0.1) is 6.92 Å². The molecule has 4 rings (SSSR count). The number of halogens is 3. The lowest BCUT2D eigenvalue weighted by atomic mass is 10.1. The number of aromatic nitrogens is 2. The highest BCUT2D eigenvalue weighted by atomic mass is 32.1. The number of carbonyl (C=O) groups is 1. The van der Waals surface area contributed by atoms with Crippen LogP contribution >= 0.6 is 11.3 Å². The van der Waals surface area contributed by atoms with Crippen LogP contribution in [-0.4, -0.2) is 21.1 Å². The molecule has 9 heteroatoms. The summed E-state index contributed by atoms with van der Waals surface area (Å²) in [7, 11) is 0. The predicted octanol–water partition coefficient (Wildman–Crippen LogP) is 7.57.